The van der Waals surface area contributed by atoms with Crippen LogP contribution in [0.2, 0.25) is 0 Å². The van der Waals surface area contributed by atoms with Crippen molar-refractivity contribution in [3.05, 3.63) is 70.3 Å². The number of fused-ring (bicyclic) bond motifs is 1. The molecule has 6 rings (SSSR count). The second-order valence-electron chi connectivity index (χ2n) is 9.98. The Morgan fingerprint density at radius 1 is 1.03 bits per heavy atom. The number of ether oxygens (including phenoxy) is 3. The Balaban J connectivity index is 1.35. The standard InChI is InChI=1S/C28H33N7O4/c1-37-21-7-5-20(6-8-21)33-11-13-34(14-12-33)26(27-30-31-32-35(27)18-23-4-3-15-39-23)24-17-19-16-22(38-2)9-10-25(19)29-28(24)36/h5-10,16-17,23,26H,3-4,11-15,18H2,1-2H3,(H,29,36). The number of benzene rings is 2. The maximum atomic E-state index is 13.5. The van der Waals surface area contributed by atoms with Gasteiger partial charge in [0.25, 0.3) is 5.56 Å². The number of hydrogen-bond acceptors (Lipinski definition) is 9. The molecule has 2 aliphatic heterocycles. The van der Waals surface area contributed by atoms with Crippen LogP contribution in [0, 0.1) is 0 Å². The highest BCUT2D eigenvalue weighted by Crippen LogP contribution is 2.30. The highest BCUT2D eigenvalue weighted by Gasteiger charge is 2.33. The van der Waals surface area contributed by atoms with Gasteiger partial charge >= 0.3 is 0 Å². The summed E-state index contributed by atoms with van der Waals surface area (Å²) in [6.45, 7) is 4.39. The summed E-state index contributed by atoms with van der Waals surface area (Å²) in [7, 11) is 3.31. The largest absolute Gasteiger partial charge is 0.497 e. The Kier molecular flexibility index (Phi) is 7.16. The Morgan fingerprint density at radius 2 is 1.79 bits per heavy atom. The van der Waals surface area contributed by atoms with E-state index in [1.54, 1.807) is 14.2 Å². The van der Waals surface area contributed by atoms with E-state index in [4.69, 9.17) is 14.2 Å². The molecular weight excluding hydrogens is 498 g/mol. The fraction of sp³-hybridized carbons (Fsp3) is 0.429. The number of hydrogen-bond donors (Lipinski definition) is 1. The van der Waals surface area contributed by atoms with E-state index >= 15 is 0 Å². The van der Waals surface area contributed by atoms with E-state index < -0.39 is 6.04 Å². The van der Waals surface area contributed by atoms with Crippen molar-refractivity contribution in [2.75, 3.05) is 51.9 Å². The average Bonchev–Trinajstić information content (AvgIpc) is 3.66. The summed E-state index contributed by atoms with van der Waals surface area (Å²) in [5.41, 5.74) is 2.36. The number of aromatic amines is 1. The van der Waals surface area contributed by atoms with Crippen LogP contribution in [-0.2, 0) is 11.3 Å². The highest BCUT2D eigenvalue weighted by molar-refractivity contribution is 5.80. The number of tetrazole rings is 1. The van der Waals surface area contributed by atoms with Crippen molar-refractivity contribution in [2.45, 2.75) is 31.5 Å². The molecule has 2 unspecified atom stereocenters. The molecule has 2 aromatic heterocycles. The maximum absolute atomic E-state index is 13.5. The Bertz CT molecular complexity index is 1470. The molecule has 4 aromatic rings. The quantitative estimate of drug-likeness (QED) is 0.367. The fourth-order valence-corrected chi connectivity index (χ4v) is 5.58. The smallest absolute Gasteiger partial charge is 0.253 e. The molecule has 2 fully saturated rings. The summed E-state index contributed by atoms with van der Waals surface area (Å²) >= 11 is 0. The van der Waals surface area contributed by atoms with Gasteiger partial charge in [-0.3, -0.25) is 9.69 Å². The van der Waals surface area contributed by atoms with Gasteiger partial charge in [-0.15, -0.1) is 5.10 Å². The first-order chi connectivity index (χ1) is 19.1. The molecule has 39 heavy (non-hydrogen) atoms. The molecule has 2 aromatic carbocycles. The van der Waals surface area contributed by atoms with Gasteiger partial charge in [-0.1, -0.05) is 0 Å². The zero-order valence-corrected chi connectivity index (χ0v) is 22.2. The van der Waals surface area contributed by atoms with Crippen molar-refractivity contribution in [3.63, 3.8) is 0 Å². The molecule has 204 valence electrons. The number of nitrogens with one attached hydrogen (secondary N) is 1. The average molecular weight is 532 g/mol. The molecule has 2 aliphatic rings. The third kappa shape index (κ3) is 5.19. The fourth-order valence-electron chi connectivity index (χ4n) is 5.58. The normalized spacial score (nSPS) is 18.9. The number of aromatic nitrogens is 5. The molecule has 0 aliphatic carbocycles. The van der Waals surface area contributed by atoms with Gasteiger partial charge in [0.15, 0.2) is 5.82 Å². The predicted molar refractivity (Wildman–Crippen MR) is 147 cm³/mol. The topological polar surface area (TPSA) is 111 Å². The van der Waals surface area contributed by atoms with Crippen LogP contribution < -0.4 is 19.9 Å². The van der Waals surface area contributed by atoms with Crippen LogP contribution in [0.25, 0.3) is 10.9 Å². The molecule has 4 heterocycles. The van der Waals surface area contributed by atoms with E-state index in [0.717, 1.165) is 73.7 Å². The minimum atomic E-state index is -0.418. The zero-order chi connectivity index (χ0) is 26.8. The van der Waals surface area contributed by atoms with Crippen molar-refractivity contribution < 1.29 is 14.2 Å². The number of piperazine rings is 1. The number of pyridine rings is 1. The van der Waals surface area contributed by atoms with Crippen molar-refractivity contribution in [1.29, 1.82) is 0 Å². The lowest BCUT2D eigenvalue weighted by Crippen LogP contribution is -2.49. The predicted octanol–water partition coefficient (Wildman–Crippen LogP) is 2.62. The molecule has 1 N–H and O–H groups in total. The SMILES string of the molecule is COc1ccc(N2CCN(C(c3cc4cc(OC)ccc4[nH]c3=O)c3nnnn3CC3CCCO3)CC2)cc1. The van der Waals surface area contributed by atoms with Crippen molar-refractivity contribution in [1.82, 2.24) is 30.1 Å². The van der Waals surface area contributed by atoms with Gasteiger partial charge in [0.2, 0.25) is 0 Å². The minimum Gasteiger partial charge on any atom is -0.497 e. The molecule has 0 amide bonds. The van der Waals surface area contributed by atoms with Gasteiger partial charge in [0.1, 0.15) is 17.5 Å². The minimum absolute atomic E-state index is 0.0685. The van der Waals surface area contributed by atoms with E-state index in [1.165, 1.54) is 0 Å². The Morgan fingerprint density at radius 3 is 2.51 bits per heavy atom. The third-order valence-electron chi connectivity index (χ3n) is 7.70. The number of methoxy groups -OCH3 is 2. The van der Waals surface area contributed by atoms with Crippen LogP contribution in [0.4, 0.5) is 5.69 Å². The monoisotopic (exact) mass is 531 g/mol. The zero-order valence-electron chi connectivity index (χ0n) is 22.2. The lowest BCUT2D eigenvalue weighted by molar-refractivity contribution is 0.0906. The summed E-state index contributed by atoms with van der Waals surface area (Å²) in [6, 6.07) is 15.3. The second-order valence-corrected chi connectivity index (χ2v) is 9.98. The van der Waals surface area contributed by atoms with Gasteiger partial charge in [-0.05, 0) is 71.8 Å². The first-order valence-electron chi connectivity index (χ1n) is 13.3. The van der Waals surface area contributed by atoms with Crippen LogP contribution in [0.15, 0.2) is 53.3 Å². The van der Waals surface area contributed by atoms with Crippen molar-refractivity contribution >= 4 is 16.6 Å². The number of H-pyrrole nitrogens is 1. The molecular formula is C28H33N7O4. The van der Waals surface area contributed by atoms with Gasteiger partial charge < -0.3 is 24.1 Å². The van der Waals surface area contributed by atoms with E-state index in [1.807, 2.05) is 41.1 Å². The van der Waals surface area contributed by atoms with Gasteiger partial charge in [0, 0.05) is 54.9 Å². The lowest BCUT2D eigenvalue weighted by atomic mass is 10.0. The van der Waals surface area contributed by atoms with Crippen LogP contribution in [0.1, 0.15) is 30.3 Å². The van der Waals surface area contributed by atoms with E-state index in [-0.39, 0.29) is 11.7 Å². The molecule has 0 radical (unpaired) electrons. The number of rotatable bonds is 8. The summed E-state index contributed by atoms with van der Waals surface area (Å²) in [5.74, 6) is 2.22. The first-order valence-corrected chi connectivity index (χ1v) is 13.3. The summed E-state index contributed by atoms with van der Waals surface area (Å²) in [5, 5.41) is 13.7. The van der Waals surface area contributed by atoms with Gasteiger partial charge in [0.05, 0.1) is 26.9 Å². The third-order valence-corrected chi connectivity index (χ3v) is 7.70. The summed E-state index contributed by atoms with van der Waals surface area (Å²) < 4.78 is 18.4. The second kappa shape index (κ2) is 11.0. The van der Waals surface area contributed by atoms with Crippen molar-refractivity contribution in [3.8, 4) is 11.5 Å². The Labute approximate surface area is 226 Å². The molecule has 11 nitrogen and oxygen atoms in total. The molecule has 0 spiro atoms. The van der Waals surface area contributed by atoms with Crippen LogP contribution in [-0.4, -0.2) is 83.2 Å². The molecule has 0 bridgehead atoms. The molecule has 0 saturated carbocycles. The van der Waals surface area contributed by atoms with Crippen molar-refractivity contribution in [2.24, 2.45) is 0 Å². The lowest BCUT2D eigenvalue weighted by Gasteiger charge is -2.39. The van der Waals surface area contributed by atoms with E-state index in [0.29, 0.717) is 17.9 Å². The maximum Gasteiger partial charge on any atom is 0.253 e. The summed E-state index contributed by atoms with van der Waals surface area (Å²) in [4.78, 5) is 21.2. The summed E-state index contributed by atoms with van der Waals surface area (Å²) in [6.07, 6.45) is 2.07. The van der Waals surface area contributed by atoms with E-state index in [2.05, 4.69) is 42.4 Å². The highest BCUT2D eigenvalue weighted by atomic mass is 16.5. The molecule has 2 saturated heterocycles. The van der Waals surface area contributed by atoms with Crippen LogP contribution >= 0.6 is 0 Å². The van der Waals surface area contributed by atoms with Crippen LogP contribution in [0.5, 0.6) is 11.5 Å². The van der Waals surface area contributed by atoms with Gasteiger partial charge in [-0.25, -0.2) is 4.68 Å². The van der Waals surface area contributed by atoms with E-state index in [9.17, 15) is 4.79 Å². The molecule has 2 atom stereocenters. The van der Waals surface area contributed by atoms with Gasteiger partial charge in [-0.2, -0.15) is 0 Å². The first kappa shape index (κ1) is 25.3. The Hall–Kier alpha value is -3.96. The number of nitrogens with zero attached hydrogens (tertiary/aromatic N) is 6. The number of anilines is 1. The molecule has 11 heteroatoms. The van der Waals surface area contributed by atoms with Crippen LogP contribution in [0.3, 0.4) is 0 Å².